The Kier molecular flexibility index (Phi) is 9.36. The van der Waals surface area contributed by atoms with Gasteiger partial charge in [0.2, 0.25) is 15.9 Å². The molecule has 0 fully saturated rings. The molecule has 0 atom stereocenters. The van der Waals surface area contributed by atoms with Crippen LogP contribution in [-0.4, -0.2) is 32.9 Å². The Morgan fingerprint density at radius 2 is 1.83 bits per heavy atom. The number of anilines is 1. The number of halogens is 1. The molecule has 2 rings (SSSR count). The lowest BCUT2D eigenvalue weighted by atomic mass is 10.2. The van der Waals surface area contributed by atoms with Gasteiger partial charge < -0.3 is 5.32 Å². The predicted molar refractivity (Wildman–Crippen MR) is 124 cm³/mol. The maximum atomic E-state index is 12.6. The number of hydrogen-bond donors (Lipinski definition) is 2. The van der Waals surface area contributed by atoms with Crippen molar-refractivity contribution in [3.8, 4) is 0 Å². The van der Waals surface area contributed by atoms with Gasteiger partial charge in [0.25, 0.3) is 0 Å². The topological polar surface area (TPSA) is 75.3 Å². The number of rotatable bonds is 10. The first-order valence-corrected chi connectivity index (χ1v) is 13.3. The summed E-state index contributed by atoms with van der Waals surface area (Å²) in [5, 5.41) is 3.50. The molecule has 0 heterocycles. The highest BCUT2D eigenvalue weighted by atomic mass is 35.5. The van der Waals surface area contributed by atoms with Gasteiger partial charge in [-0.15, -0.1) is 11.8 Å². The molecule has 9 heteroatoms. The molecule has 0 saturated carbocycles. The van der Waals surface area contributed by atoms with Crippen molar-refractivity contribution in [1.29, 1.82) is 0 Å². The fraction of sp³-hybridized carbons (Fsp3) is 0.350. The highest BCUT2D eigenvalue weighted by Gasteiger charge is 2.17. The zero-order valence-electron chi connectivity index (χ0n) is 16.6. The summed E-state index contributed by atoms with van der Waals surface area (Å²) in [5.74, 6) is 1.08. The van der Waals surface area contributed by atoms with Gasteiger partial charge >= 0.3 is 0 Å². The van der Waals surface area contributed by atoms with Crippen LogP contribution in [0, 0.1) is 5.92 Å². The van der Waals surface area contributed by atoms with E-state index < -0.39 is 10.0 Å². The van der Waals surface area contributed by atoms with Crippen molar-refractivity contribution >= 4 is 56.7 Å². The van der Waals surface area contributed by atoms with Crippen molar-refractivity contribution in [3.05, 3.63) is 53.1 Å². The van der Waals surface area contributed by atoms with Crippen LogP contribution in [0.1, 0.15) is 19.4 Å². The average Bonchev–Trinajstić information content (AvgIpc) is 2.69. The normalized spacial score (nSPS) is 11.6. The Morgan fingerprint density at radius 3 is 2.45 bits per heavy atom. The summed E-state index contributed by atoms with van der Waals surface area (Å²) < 4.78 is 27.9. The van der Waals surface area contributed by atoms with Gasteiger partial charge in [0.05, 0.1) is 10.6 Å². The van der Waals surface area contributed by atoms with Crippen LogP contribution in [0.2, 0.25) is 5.02 Å². The molecular weight excluding hydrogens is 448 g/mol. The second-order valence-electron chi connectivity index (χ2n) is 6.58. The Hall–Kier alpha value is -1.19. The lowest BCUT2D eigenvalue weighted by Gasteiger charge is -2.14. The number of hydrogen-bond acceptors (Lipinski definition) is 5. The number of sulfonamides is 1. The number of carbonyl (C=O) groups excluding carboxylic acids is 1. The quantitative estimate of drug-likeness (QED) is 0.381. The van der Waals surface area contributed by atoms with Gasteiger partial charge in [-0.1, -0.05) is 37.6 Å². The lowest BCUT2D eigenvalue weighted by Crippen LogP contribution is -2.26. The Morgan fingerprint density at radius 1 is 1.14 bits per heavy atom. The molecule has 2 N–H and O–H groups in total. The maximum absolute atomic E-state index is 12.6. The molecule has 0 aliphatic heterocycles. The zero-order chi connectivity index (χ0) is 21.4. The van der Waals surface area contributed by atoms with E-state index in [0.29, 0.717) is 23.0 Å². The maximum Gasteiger partial charge on any atom is 0.240 e. The van der Waals surface area contributed by atoms with Crippen LogP contribution in [0.15, 0.2) is 52.3 Å². The minimum Gasteiger partial charge on any atom is -0.325 e. The van der Waals surface area contributed by atoms with Crippen molar-refractivity contribution in [2.24, 2.45) is 5.92 Å². The van der Waals surface area contributed by atoms with E-state index in [2.05, 4.69) is 10.0 Å². The molecule has 5 nitrogen and oxygen atoms in total. The SMILES string of the molecule is CSc1ccc(S(=O)(=O)NCCSCc2ccc(Cl)cc2)cc1NC(=O)C(C)C. The van der Waals surface area contributed by atoms with E-state index in [9.17, 15) is 13.2 Å². The van der Waals surface area contributed by atoms with E-state index in [-0.39, 0.29) is 16.7 Å². The van der Waals surface area contributed by atoms with Crippen LogP contribution in [0.5, 0.6) is 0 Å². The monoisotopic (exact) mass is 472 g/mol. The van der Waals surface area contributed by atoms with E-state index >= 15 is 0 Å². The zero-order valence-corrected chi connectivity index (χ0v) is 19.8. The van der Waals surface area contributed by atoms with Crippen molar-refractivity contribution in [1.82, 2.24) is 4.72 Å². The first kappa shape index (κ1) is 24.1. The molecule has 0 unspecified atom stereocenters. The van der Waals surface area contributed by atoms with Crippen LogP contribution >= 0.6 is 35.1 Å². The smallest absolute Gasteiger partial charge is 0.240 e. The number of benzene rings is 2. The van der Waals surface area contributed by atoms with Crippen LogP contribution in [0.4, 0.5) is 5.69 Å². The molecule has 0 saturated heterocycles. The number of nitrogens with one attached hydrogen (secondary N) is 2. The summed E-state index contributed by atoms with van der Waals surface area (Å²) in [5.41, 5.74) is 1.65. The van der Waals surface area contributed by atoms with Crippen molar-refractivity contribution in [2.75, 3.05) is 23.9 Å². The molecule has 0 radical (unpaired) electrons. The molecule has 0 aromatic heterocycles. The summed E-state index contributed by atoms with van der Waals surface area (Å²) >= 11 is 8.96. The number of thioether (sulfide) groups is 2. The van der Waals surface area contributed by atoms with Crippen molar-refractivity contribution in [3.63, 3.8) is 0 Å². The summed E-state index contributed by atoms with van der Waals surface area (Å²) in [4.78, 5) is 13.0. The third-order valence-electron chi connectivity index (χ3n) is 3.98. The molecule has 2 aromatic rings. The standard InChI is InChI=1S/C20H25ClN2O3S3/c1-14(2)20(24)23-18-12-17(8-9-19(18)27-3)29(25,26)22-10-11-28-13-15-4-6-16(21)7-5-15/h4-9,12,14,22H,10-11,13H2,1-3H3,(H,23,24). The highest BCUT2D eigenvalue weighted by molar-refractivity contribution is 7.99. The summed E-state index contributed by atoms with van der Waals surface area (Å²) in [6, 6.07) is 12.4. The molecule has 0 spiro atoms. The second kappa shape index (κ2) is 11.3. The first-order chi connectivity index (χ1) is 13.7. The molecule has 0 aliphatic carbocycles. The van der Waals surface area contributed by atoms with Crippen LogP contribution < -0.4 is 10.0 Å². The summed E-state index contributed by atoms with van der Waals surface area (Å²) in [6.07, 6.45) is 1.88. The molecule has 2 aromatic carbocycles. The molecule has 29 heavy (non-hydrogen) atoms. The Bertz CT molecular complexity index is 932. The molecular formula is C20H25ClN2O3S3. The van der Waals surface area contributed by atoms with E-state index in [1.54, 1.807) is 37.7 Å². The van der Waals surface area contributed by atoms with Gasteiger partial charge in [-0.25, -0.2) is 13.1 Å². The second-order valence-corrected chi connectivity index (χ2v) is 10.7. The van der Waals surface area contributed by atoms with E-state index in [4.69, 9.17) is 11.6 Å². The largest absolute Gasteiger partial charge is 0.325 e. The molecule has 0 aliphatic rings. The minimum atomic E-state index is -3.66. The molecule has 1 amide bonds. The third-order valence-corrected chi connectivity index (χ3v) is 7.52. The van der Waals surface area contributed by atoms with Gasteiger partial charge in [-0.3, -0.25) is 4.79 Å². The minimum absolute atomic E-state index is 0.136. The molecule has 158 valence electrons. The lowest BCUT2D eigenvalue weighted by molar-refractivity contribution is -0.118. The van der Waals surface area contributed by atoms with Crippen LogP contribution in [0.25, 0.3) is 0 Å². The average molecular weight is 473 g/mol. The van der Waals surface area contributed by atoms with Gasteiger partial charge in [0, 0.05) is 33.9 Å². The fourth-order valence-electron chi connectivity index (χ4n) is 2.33. The van der Waals surface area contributed by atoms with Crippen LogP contribution in [-0.2, 0) is 20.6 Å². The molecule has 0 bridgehead atoms. The number of amides is 1. The summed E-state index contributed by atoms with van der Waals surface area (Å²) in [6.45, 7) is 3.90. The summed E-state index contributed by atoms with van der Waals surface area (Å²) in [7, 11) is -3.66. The number of carbonyl (C=O) groups is 1. The Labute approximate surface area is 186 Å². The van der Waals surface area contributed by atoms with Crippen molar-refractivity contribution in [2.45, 2.75) is 29.4 Å². The van der Waals surface area contributed by atoms with Gasteiger partial charge in [-0.05, 0) is 42.2 Å². The first-order valence-electron chi connectivity index (χ1n) is 9.03. The van der Waals surface area contributed by atoms with Gasteiger partial charge in [0.1, 0.15) is 0 Å². The predicted octanol–water partition coefficient (Wildman–Crippen LogP) is 4.87. The van der Waals surface area contributed by atoms with Gasteiger partial charge in [-0.2, -0.15) is 11.8 Å². The van der Waals surface area contributed by atoms with Crippen molar-refractivity contribution < 1.29 is 13.2 Å². The third kappa shape index (κ3) is 7.53. The Balaban J connectivity index is 1.95. The van der Waals surface area contributed by atoms with E-state index in [0.717, 1.165) is 16.2 Å². The fourth-order valence-corrected chi connectivity index (χ4v) is 5.00. The van der Waals surface area contributed by atoms with E-state index in [1.807, 2.05) is 30.5 Å². The highest BCUT2D eigenvalue weighted by Crippen LogP contribution is 2.28. The van der Waals surface area contributed by atoms with Gasteiger partial charge in [0.15, 0.2) is 0 Å². The van der Waals surface area contributed by atoms with Crippen LogP contribution in [0.3, 0.4) is 0 Å². The van der Waals surface area contributed by atoms with E-state index in [1.165, 1.54) is 17.8 Å².